The van der Waals surface area contributed by atoms with Crippen molar-refractivity contribution in [2.75, 3.05) is 25.1 Å². The molecule has 7 nitrogen and oxygen atoms in total. The molecule has 0 saturated carbocycles. The Morgan fingerprint density at radius 1 is 1.44 bits per heavy atom. The minimum atomic E-state index is -2.13. The number of ether oxygens (including phenoxy) is 1. The molecule has 132 valence electrons. The lowest BCUT2D eigenvalue weighted by molar-refractivity contribution is -0.187. The molecule has 2 aliphatic rings. The fraction of sp³-hybridized carbons (Fsp3) is 0.412. The van der Waals surface area contributed by atoms with Crippen LogP contribution in [0.5, 0.6) is 0 Å². The lowest BCUT2D eigenvalue weighted by Crippen LogP contribution is -2.56. The Bertz CT molecular complexity index is 837. The molecule has 1 aliphatic carbocycles. The normalized spacial score (nSPS) is 22.3. The quantitative estimate of drug-likeness (QED) is 0.753. The van der Waals surface area contributed by atoms with Gasteiger partial charge in [-0.2, -0.15) is 5.10 Å². The second-order valence-electron chi connectivity index (χ2n) is 6.27. The third-order valence-corrected chi connectivity index (χ3v) is 4.84. The number of hydrogen-bond acceptors (Lipinski definition) is 5. The van der Waals surface area contributed by atoms with E-state index in [-0.39, 0.29) is 13.2 Å². The number of nitrogens with zero attached hydrogens (tertiary/aromatic N) is 2. The SMILES string of the molecule is CNC(=O)[C@]1(O)OCCN1c1cc(F)c2c(c1)CCCc1cn[nH]c1-2. The highest BCUT2D eigenvalue weighted by molar-refractivity contribution is 5.87. The summed E-state index contributed by atoms with van der Waals surface area (Å²) >= 11 is 0. The summed E-state index contributed by atoms with van der Waals surface area (Å²) in [5.41, 5.74) is 3.46. The molecule has 0 spiro atoms. The van der Waals surface area contributed by atoms with Crippen molar-refractivity contribution in [3.63, 3.8) is 0 Å². The molecule has 25 heavy (non-hydrogen) atoms. The molecule has 1 saturated heterocycles. The fourth-order valence-corrected chi connectivity index (χ4v) is 3.63. The minimum Gasteiger partial charge on any atom is -0.353 e. The molecule has 0 radical (unpaired) electrons. The zero-order chi connectivity index (χ0) is 17.6. The molecule has 4 rings (SSSR count). The molecule has 0 bridgehead atoms. The molecule has 1 aromatic carbocycles. The molecule has 2 aromatic rings. The second-order valence-corrected chi connectivity index (χ2v) is 6.27. The molecule has 0 unspecified atom stereocenters. The first-order valence-electron chi connectivity index (χ1n) is 8.26. The van der Waals surface area contributed by atoms with E-state index in [1.165, 1.54) is 18.0 Å². The Hall–Kier alpha value is -2.45. The number of aromatic amines is 1. The van der Waals surface area contributed by atoms with Crippen molar-refractivity contribution in [1.82, 2.24) is 15.5 Å². The summed E-state index contributed by atoms with van der Waals surface area (Å²) in [6.07, 6.45) is 4.13. The van der Waals surface area contributed by atoms with Gasteiger partial charge in [-0.25, -0.2) is 4.39 Å². The summed E-state index contributed by atoms with van der Waals surface area (Å²) < 4.78 is 20.2. The number of amides is 1. The summed E-state index contributed by atoms with van der Waals surface area (Å²) in [7, 11) is 1.41. The van der Waals surface area contributed by atoms with E-state index in [1.807, 2.05) is 6.07 Å². The molecule has 3 N–H and O–H groups in total. The number of H-pyrrole nitrogens is 1. The van der Waals surface area contributed by atoms with Crippen molar-refractivity contribution in [1.29, 1.82) is 0 Å². The van der Waals surface area contributed by atoms with Gasteiger partial charge in [0.15, 0.2) is 0 Å². The Balaban J connectivity index is 1.81. The maximum Gasteiger partial charge on any atom is 0.333 e. The number of fused-ring (bicyclic) bond motifs is 3. The number of anilines is 1. The molecule has 8 heteroatoms. The molecule has 1 aliphatic heterocycles. The van der Waals surface area contributed by atoms with Gasteiger partial charge in [0.25, 0.3) is 0 Å². The van der Waals surface area contributed by atoms with Gasteiger partial charge in [0, 0.05) is 24.8 Å². The van der Waals surface area contributed by atoms with Crippen LogP contribution in [0.2, 0.25) is 0 Å². The lowest BCUT2D eigenvalue weighted by atomic mass is 10.00. The van der Waals surface area contributed by atoms with E-state index in [4.69, 9.17) is 4.74 Å². The van der Waals surface area contributed by atoms with E-state index in [9.17, 15) is 14.3 Å². The Labute approximate surface area is 143 Å². The molecule has 2 heterocycles. The summed E-state index contributed by atoms with van der Waals surface area (Å²) in [6.45, 7) is 0.463. The monoisotopic (exact) mass is 346 g/mol. The van der Waals surface area contributed by atoms with Crippen LogP contribution < -0.4 is 10.2 Å². The topological polar surface area (TPSA) is 90.5 Å². The van der Waals surface area contributed by atoms with E-state index in [0.29, 0.717) is 23.4 Å². The molecule has 1 fully saturated rings. The van der Waals surface area contributed by atoms with Crippen LogP contribution in [0.1, 0.15) is 17.5 Å². The van der Waals surface area contributed by atoms with Crippen LogP contribution in [0.3, 0.4) is 0 Å². The van der Waals surface area contributed by atoms with Gasteiger partial charge in [-0.1, -0.05) is 0 Å². The zero-order valence-corrected chi connectivity index (χ0v) is 13.8. The Kier molecular flexibility index (Phi) is 3.73. The Morgan fingerprint density at radius 3 is 3.04 bits per heavy atom. The summed E-state index contributed by atoms with van der Waals surface area (Å²) in [5, 5.41) is 19.9. The van der Waals surface area contributed by atoms with Crippen molar-refractivity contribution >= 4 is 11.6 Å². The van der Waals surface area contributed by atoms with Gasteiger partial charge >= 0.3 is 11.8 Å². The lowest BCUT2D eigenvalue weighted by Gasteiger charge is -2.31. The fourth-order valence-electron chi connectivity index (χ4n) is 3.63. The number of carbonyl (C=O) groups is 1. The minimum absolute atomic E-state index is 0.174. The maximum atomic E-state index is 15.0. The summed E-state index contributed by atoms with van der Waals surface area (Å²) in [4.78, 5) is 13.4. The van der Waals surface area contributed by atoms with E-state index in [1.54, 1.807) is 6.20 Å². The van der Waals surface area contributed by atoms with Crippen LogP contribution in [-0.2, 0) is 22.4 Å². The number of nitrogens with one attached hydrogen (secondary N) is 2. The number of benzene rings is 1. The number of aliphatic hydroxyl groups is 1. The van der Waals surface area contributed by atoms with Gasteiger partial charge in [0.1, 0.15) is 5.82 Å². The highest BCUT2D eigenvalue weighted by Gasteiger charge is 2.48. The van der Waals surface area contributed by atoms with Crippen LogP contribution in [0.4, 0.5) is 10.1 Å². The molecule has 1 aromatic heterocycles. The zero-order valence-electron chi connectivity index (χ0n) is 13.8. The number of halogens is 1. The average molecular weight is 346 g/mol. The van der Waals surface area contributed by atoms with Crippen LogP contribution in [0, 0.1) is 5.82 Å². The van der Waals surface area contributed by atoms with Crippen LogP contribution in [0.25, 0.3) is 11.3 Å². The van der Waals surface area contributed by atoms with Crippen molar-refractivity contribution in [3.05, 3.63) is 35.3 Å². The first-order valence-corrected chi connectivity index (χ1v) is 8.26. The third-order valence-electron chi connectivity index (χ3n) is 4.84. The number of aryl methyl sites for hydroxylation is 2. The van der Waals surface area contributed by atoms with Crippen LogP contribution >= 0.6 is 0 Å². The third kappa shape index (κ3) is 2.40. The summed E-state index contributed by atoms with van der Waals surface area (Å²) in [6, 6.07) is 3.15. The number of aromatic nitrogens is 2. The van der Waals surface area contributed by atoms with Crippen molar-refractivity contribution < 1.29 is 19.0 Å². The van der Waals surface area contributed by atoms with Crippen molar-refractivity contribution in [2.24, 2.45) is 0 Å². The highest BCUT2D eigenvalue weighted by Crippen LogP contribution is 2.38. The summed E-state index contributed by atoms with van der Waals surface area (Å²) in [5.74, 6) is -3.22. The second kappa shape index (κ2) is 5.82. The average Bonchev–Trinajstić information content (AvgIpc) is 3.17. The molecular weight excluding hydrogens is 327 g/mol. The predicted molar refractivity (Wildman–Crippen MR) is 88.3 cm³/mol. The number of rotatable bonds is 2. The predicted octanol–water partition coefficient (Wildman–Crippen LogP) is 0.933. The number of likely N-dealkylation sites (N-methyl/N-ethyl adjacent to an activating group) is 1. The molecular formula is C17H19FN4O3. The van der Waals surface area contributed by atoms with Crippen LogP contribution in [0.15, 0.2) is 18.3 Å². The first-order chi connectivity index (χ1) is 12.0. The van der Waals surface area contributed by atoms with E-state index in [2.05, 4.69) is 15.5 Å². The highest BCUT2D eigenvalue weighted by atomic mass is 19.1. The van der Waals surface area contributed by atoms with Gasteiger partial charge in [-0.05, 0) is 42.5 Å². The van der Waals surface area contributed by atoms with Crippen molar-refractivity contribution in [2.45, 2.75) is 25.2 Å². The molecule has 1 atom stereocenters. The van der Waals surface area contributed by atoms with E-state index in [0.717, 1.165) is 24.0 Å². The first kappa shape index (κ1) is 16.0. The number of carbonyl (C=O) groups excluding carboxylic acids is 1. The standard InChI is InChI=1S/C17H19FN4O3/c1-19-16(23)17(24)22(5-6-25-17)12-7-10-3-2-4-11-9-20-21-15(11)14(10)13(18)8-12/h7-9,24H,2-6H2,1H3,(H,19,23)(H,20,21)/t17-/m0/s1. The van der Waals surface area contributed by atoms with Gasteiger partial charge in [-0.15, -0.1) is 0 Å². The molecule has 1 amide bonds. The largest absolute Gasteiger partial charge is 0.353 e. The smallest absolute Gasteiger partial charge is 0.333 e. The van der Waals surface area contributed by atoms with E-state index >= 15 is 0 Å². The van der Waals surface area contributed by atoms with Crippen LogP contribution in [-0.4, -0.2) is 47.3 Å². The maximum absolute atomic E-state index is 15.0. The van der Waals surface area contributed by atoms with Gasteiger partial charge in [-0.3, -0.25) is 9.89 Å². The van der Waals surface area contributed by atoms with E-state index < -0.39 is 17.6 Å². The number of hydrogen-bond donors (Lipinski definition) is 3. The van der Waals surface area contributed by atoms with Gasteiger partial charge in [0.05, 0.1) is 18.5 Å². The van der Waals surface area contributed by atoms with Crippen molar-refractivity contribution in [3.8, 4) is 11.3 Å². The van der Waals surface area contributed by atoms with Gasteiger partial charge in [0.2, 0.25) is 0 Å². The Morgan fingerprint density at radius 2 is 2.24 bits per heavy atom. The van der Waals surface area contributed by atoms with Gasteiger partial charge < -0.3 is 20.1 Å².